The standard InChI is InChI=1S/C46H28N2O2/c1-2-13-30(14-3-1)48-39-20-8-6-16-33(39)36-18-10-21-40(44(36)48)47(31-25-27-35-34-17-7-9-23-42(34)49-43(35)28-31)41-22-11-19-37-38-26-24-29-12-4-5-15-32(29)45(38)50-46(37)41/h1-28H. The van der Waals surface area contributed by atoms with Gasteiger partial charge in [-0.2, -0.15) is 0 Å². The molecule has 0 N–H and O–H groups in total. The van der Waals surface area contributed by atoms with Gasteiger partial charge in [-0.15, -0.1) is 0 Å². The highest BCUT2D eigenvalue weighted by Crippen LogP contribution is 2.48. The lowest BCUT2D eigenvalue weighted by atomic mass is 10.0. The molecular weight excluding hydrogens is 613 g/mol. The highest BCUT2D eigenvalue weighted by molar-refractivity contribution is 6.19. The van der Waals surface area contributed by atoms with Gasteiger partial charge in [0.2, 0.25) is 0 Å². The highest BCUT2D eigenvalue weighted by Gasteiger charge is 2.25. The molecule has 234 valence electrons. The Morgan fingerprint density at radius 1 is 0.400 bits per heavy atom. The maximum Gasteiger partial charge on any atom is 0.159 e. The molecule has 0 spiro atoms. The maximum absolute atomic E-state index is 6.97. The van der Waals surface area contributed by atoms with Crippen LogP contribution in [-0.4, -0.2) is 4.57 Å². The summed E-state index contributed by atoms with van der Waals surface area (Å²) in [7, 11) is 0. The topological polar surface area (TPSA) is 34.5 Å². The van der Waals surface area contributed by atoms with Crippen LogP contribution in [0.1, 0.15) is 0 Å². The van der Waals surface area contributed by atoms with Crippen molar-refractivity contribution in [2.75, 3.05) is 4.90 Å². The summed E-state index contributed by atoms with van der Waals surface area (Å²) in [5.74, 6) is 0. The second-order valence-corrected chi connectivity index (χ2v) is 12.9. The normalized spacial score (nSPS) is 12.0. The predicted molar refractivity (Wildman–Crippen MR) is 208 cm³/mol. The predicted octanol–water partition coefficient (Wildman–Crippen LogP) is 13.2. The van der Waals surface area contributed by atoms with Crippen LogP contribution < -0.4 is 4.90 Å². The summed E-state index contributed by atoms with van der Waals surface area (Å²) >= 11 is 0. The SMILES string of the molecule is c1ccc(-n2c3ccccc3c3cccc(N(c4ccc5c(c4)oc4ccccc45)c4cccc5c4oc4c6ccccc6ccc54)c32)cc1. The molecule has 50 heavy (non-hydrogen) atoms. The number of benzene rings is 8. The van der Waals surface area contributed by atoms with Crippen LogP contribution in [0.4, 0.5) is 17.1 Å². The molecule has 0 aliphatic rings. The van der Waals surface area contributed by atoms with E-state index in [1.807, 2.05) is 12.1 Å². The maximum atomic E-state index is 6.97. The van der Waals surface area contributed by atoms with Gasteiger partial charge >= 0.3 is 0 Å². The summed E-state index contributed by atoms with van der Waals surface area (Å²) in [6, 6.07) is 60.0. The molecule has 0 bridgehead atoms. The molecule has 0 aliphatic heterocycles. The molecule has 0 fully saturated rings. The molecule has 0 unspecified atom stereocenters. The summed E-state index contributed by atoms with van der Waals surface area (Å²) in [4.78, 5) is 2.35. The number of anilines is 3. The summed E-state index contributed by atoms with van der Waals surface area (Å²) in [6.45, 7) is 0. The lowest BCUT2D eigenvalue weighted by Crippen LogP contribution is -2.12. The van der Waals surface area contributed by atoms with Gasteiger partial charge in [0, 0.05) is 49.5 Å². The molecule has 11 aromatic rings. The molecule has 0 aliphatic carbocycles. The monoisotopic (exact) mass is 640 g/mol. The fourth-order valence-electron chi connectivity index (χ4n) is 7.98. The fourth-order valence-corrected chi connectivity index (χ4v) is 7.98. The van der Waals surface area contributed by atoms with Crippen LogP contribution in [-0.2, 0) is 0 Å². The van der Waals surface area contributed by atoms with Crippen LogP contribution in [0.5, 0.6) is 0 Å². The molecule has 11 rings (SSSR count). The Kier molecular flexibility index (Phi) is 5.63. The van der Waals surface area contributed by atoms with Gasteiger partial charge in [-0.1, -0.05) is 109 Å². The van der Waals surface area contributed by atoms with Crippen molar-refractivity contribution in [3.63, 3.8) is 0 Å². The van der Waals surface area contributed by atoms with E-state index in [-0.39, 0.29) is 0 Å². The van der Waals surface area contributed by atoms with Gasteiger partial charge in [0.15, 0.2) is 5.58 Å². The molecular formula is C46H28N2O2. The number of nitrogens with zero attached hydrogens (tertiary/aromatic N) is 2. The Morgan fingerprint density at radius 3 is 1.96 bits per heavy atom. The number of hydrogen-bond donors (Lipinski definition) is 0. The second kappa shape index (κ2) is 10.4. The van der Waals surface area contributed by atoms with Crippen molar-refractivity contribution >= 4 is 93.5 Å². The Morgan fingerprint density at radius 2 is 1.06 bits per heavy atom. The molecule has 3 heterocycles. The van der Waals surface area contributed by atoms with Crippen LogP contribution in [0.2, 0.25) is 0 Å². The van der Waals surface area contributed by atoms with Gasteiger partial charge in [0.1, 0.15) is 16.7 Å². The van der Waals surface area contributed by atoms with Crippen LogP contribution in [0.25, 0.3) is 82.1 Å². The Labute approximate surface area is 286 Å². The van der Waals surface area contributed by atoms with Crippen molar-refractivity contribution in [3.05, 3.63) is 170 Å². The summed E-state index contributed by atoms with van der Waals surface area (Å²) in [5, 5.41) is 9.03. The third-order valence-corrected chi connectivity index (χ3v) is 10.2. The molecule has 0 atom stereocenters. The van der Waals surface area contributed by atoms with E-state index in [9.17, 15) is 0 Å². The van der Waals surface area contributed by atoms with E-state index >= 15 is 0 Å². The van der Waals surface area contributed by atoms with E-state index in [4.69, 9.17) is 8.83 Å². The lowest BCUT2D eigenvalue weighted by Gasteiger charge is -2.27. The number of para-hydroxylation sites is 5. The molecule has 8 aromatic carbocycles. The van der Waals surface area contributed by atoms with Gasteiger partial charge < -0.3 is 18.3 Å². The van der Waals surface area contributed by atoms with Crippen LogP contribution in [0, 0.1) is 0 Å². The number of furan rings is 2. The van der Waals surface area contributed by atoms with Crippen molar-refractivity contribution in [1.82, 2.24) is 4.57 Å². The first kappa shape index (κ1) is 27.2. The summed E-state index contributed by atoms with van der Waals surface area (Å²) in [6.07, 6.45) is 0. The van der Waals surface area contributed by atoms with Crippen LogP contribution in [0.15, 0.2) is 179 Å². The lowest BCUT2D eigenvalue weighted by molar-refractivity contribution is 0.668. The molecule has 3 aromatic heterocycles. The Bertz CT molecular complexity index is 3110. The van der Waals surface area contributed by atoms with Gasteiger partial charge in [0.05, 0.1) is 28.1 Å². The van der Waals surface area contributed by atoms with Gasteiger partial charge in [0.25, 0.3) is 0 Å². The molecule has 0 saturated carbocycles. The zero-order valence-electron chi connectivity index (χ0n) is 26.9. The third-order valence-electron chi connectivity index (χ3n) is 10.2. The average molecular weight is 641 g/mol. The van der Waals surface area contributed by atoms with Gasteiger partial charge in [-0.25, -0.2) is 0 Å². The van der Waals surface area contributed by atoms with E-state index < -0.39 is 0 Å². The van der Waals surface area contributed by atoms with E-state index in [1.165, 1.54) is 10.8 Å². The quantitative estimate of drug-likeness (QED) is 0.192. The summed E-state index contributed by atoms with van der Waals surface area (Å²) < 4.78 is 15.8. The third kappa shape index (κ3) is 3.81. The van der Waals surface area contributed by atoms with Crippen molar-refractivity contribution in [2.45, 2.75) is 0 Å². The van der Waals surface area contributed by atoms with Gasteiger partial charge in [-0.05, 0) is 60.0 Å². The fraction of sp³-hybridized carbons (Fsp3) is 0. The number of hydrogen-bond acceptors (Lipinski definition) is 3. The second-order valence-electron chi connectivity index (χ2n) is 12.9. The van der Waals surface area contributed by atoms with E-state index in [1.54, 1.807) is 0 Å². The minimum atomic E-state index is 0.836. The number of fused-ring (bicyclic) bond motifs is 11. The zero-order valence-corrected chi connectivity index (χ0v) is 26.9. The number of aromatic nitrogens is 1. The van der Waals surface area contributed by atoms with Crippen molar-refractivity contribution in [1.29, 1.82) is 0 Å². The number of rotatable bonds is 4. The van der Waals surface area contributed by atoms with Crippen LogP contribution in [0.3, 0.4) is 0 Å². The van der Waals surface area contributed by atoms with Crippen molar-refractivity contribution in [2.24, 2.45) is 0 Å². The van der Waals surface area contributed by atoms with Gasteiger partial charge in [-0.3, -0.25) is 0 Å². The highest BCUT2D eigenvalue weighted by atomic mass is 16.3. The minimum absolute atomic E-state index is 0.836. The van der Waals surface area contributed by atoms with Crippen LogP contribution >= 0.6 is 0 Å². The zero-order chi connectivity index (χ0) is 32.8. The summed E-state index contributed by atoms with van der Waals surface area (Å²) in [5.41, 5.74) is 9.80. The first-order chi connectivity index (χ1) is 24.8. The first-order valence-corrected chi connectivity index (χ1v) is 16.9. The molecule has 4 nitrogen and oxygen atoms in total. The molecule has 0 radical (unpaired) electrons. The van der Waals surface area contributed by atoms with Crippen molar-refractivity contribution < 1.29 is 8.83 Å². The minimum Gasteiger partial charge on any atom is -0.456 e. The van der Waals surface area contributed by atoms with E-state index in [0.29, 0.717) is 0 Å². The first-order valence-electron chi connectivity index (χ1n) is 16.9. The Hall–Kier alpha value is -6.78. The largest absolute Gasteiger partial charge is 0.456 e. The smallest absolute Gasteiger partial charge is 0.159 e. The molecule has 4 heteroatoms. The Balaban J connectivity index is 1.28. The van der Waals surface area contributed by atoms with Crippen molar-refractivity contribution in [3.8, 4) is 5.69 Å². The van der Waals surface area contributed by atoms with E-state index in [0.717, 1.165) is 88.4 Å². The molecule has 0 saturated heterocycles. The van der Waals surface area contributed by atoms with E-state index in [2.05, 4.69) is 167 Å². The molecule has 0 amide bonds. The average Bonchev–Trinajstić information content (AvgIpc) is 3.86.